The van der Waals surface area contributed by atoms with Crippen molar-refractivity contribution in [3.63, 3.8) is 0 Å². The maximum Gasteiger partial charge on any atom is 0.411 e. The van der Waals surface area contributed by atoms with Gasteiger partial charge >= 0.3 is 6.09 Å². The molecule has 1 aliphatic heterocycles. The van der Waals surface area contributed by atoms with Gasteiger partial charge in [-0.2, -0.15) is 0 Å². The van der Waals surface area contributed by atoms with Crippen LogP contribution in [0.5, 0.6) is 0 Å². The largest absolute Gasteiger partial charge is 0.450 e. The maximum absolute atomic E-state index is 12.6. The number of rotatable bonds is 7. The molecule has 0 radical (unpaired) electrons. The lowest BCUT2D eigenvalue weighted by Gasteiger charge is -2.24. The van der Waals surface area contributed by atoms with Crippen molar-refractivity contribution in [2.45, 2.75) is 39.3 Å². The van der Waals surface area contributed by atoms with Gasteiger partial charge in [0, 0.05) is 23.4 Å². The highest BCUT2D eigenvalue weighted by Gasteiger charge is 2.16. The summed E-state index contributed by atoms with van der Waals surface area (Å²) < 4.78 is 4.87. The molecule has 6 nitrogen and oxygen atoms in total. The normalized spacial score (nSPS) is 14.2. The summed E-state index contributed by atoms with van der Waals surface area (Å²) in [5, 5.41) is 5.63. The van der Waals surface area contributed by atoms with Crippen molar-refractivity contribution in [1.82, 2.24) is 5.32 Å². The fourth-order valence-corrected chi connectivity index (χ4v) is 3.70. The molecular formula is C23H30N3O3+. The van der Waals surface area contributed by atoms with E-state index in [1.165, 1.54) is 37.9 Å². The van der Waals surface area contributed by atoms with E-state index in [2.05, 4.69) is 28.8 Å². The summed E-state index contributed by atoms with van der Waals surface area (Å²) in [6.45, 7) is 5.98. The lowest BCUT2D eigenvalue weighted by Crippen LogP contribution is -3.11. The Morgan fingerprint density at radius 1 is 1.00 bits per heavy atom. The zero-order chi connectivity index (χ0) is 20.5. The minimum atomic E-state index is -0.529. The summed E-state index contributed by atoms with van der Waals surface area (Å²) in [7, 11) is 0. The average Bonchev–Trinajstić information content (AvgIpc) is 2.74. The predicted molar refractivity (Wildman–Crippen MR) is 113 cm³/mol. The number of likely N-dealkylation sites (tertiary alicyclic amines) is 1. The van der Waals surface area contributed by atoms with E-state index in [-0.39, 0.29) is 5.91 Å². The topological polar surface area (TPSA) is 71.9 Å². The van der Waals surface area contributed by atoms with E-state index < -0.39 is 6.09 Å². The number of quaternary nitrogens is 1. The van der Waals surface area contributed by atoms with Crippen molar-refractivity contribution in [1.29, 1.82) is 0 Å². The number of benzene rings is 2. The number of carbonyl (C=O) groups is 2. The molecule has 2 amide bonds. The van der Waals surface area contributed by atoms with Crippen LogP contribution in [0.1, 0.15) is 47.7 Å². The van der Waals surface area contributed by atoms with Gasteiger partial charge in [-0.25, -0.2) is 4.79 Å². The van der Waals surface area contributed by atoms with Crippen LogP contribution in [0, 0.1) is 0 Å². The Kier molecular flexibility index (Phi) is 7.64. The van der Waals surface area contributed by atoms with Gasteiger partial charge in [0.15, 0.2) is 0 Å². The van der Waals surface area contributed by atoms with Crippen molar-refractivity contribution < 1.29 is 19.2 Å². The fraction of sp³-hybridized carbons (Fsp3) is 0.391. The van der Waals surface area contributed by atoms with Crippen molar-refractivity contribution in [3.8, 4) is 0 Å². The Morgan fingerprint density at radius 3 is 2.52 bits per heavy atom. The van der Waals surface area contributed by atoms with Gasteiger partial charge < -0.3 is 15.0 Å². The number of hydrogen-bond donors (Lipinski definition) is 3. The number of nitrogens with one attached hydrogen (secondary N) is 3. The Hall–Kier alpha value is -2.86. The number of hydrogen-bond acceptors (Lipinski definition) is 3. The maximum atomic E-state index is 12.6. The van der Waals surface area contributed by atoms with Crippen molar-refractivity contribution in [2.75, 3.05) is 25.0 Å². The van der Waals surface area contributed by atoms with Crippen molar-refractivity contribution in [2.24, 2.45) is 0 Å². The highest BCUT2D eigenvalue weighted by Crippen LogP contribution is 2.12. The van der Waals surface area contributed by atoms with Gasteiger partial charge in [-0.3, -0.25) is 10.1 Å². The Balaban J connectivity index is 1.60. The van der Waals surface area contributed by atoms with E-state index >= 15 is 0 Å². The molecule has 0 aromatic heterocycles. The first kappa shape index (κ1) is 20.9. The van der Waals surface area contributed by atoms with E-state index in [1.807, 2.05) is 6.07 Å². The summed E-state index contributed by atoms with van der Waals surface area (Å²) in [5.74, 6) is -0.169. The van der Waals surface area contributed by atoms with Crippen LogP contribution in [0.25, 0.3) is 0 Å². The third-order valence-corrected chi connectivity index (χ3v) is 5.21. The number of ether oxygens (including phenoxy) is 1. The molecule has 0 unspecified atom stereocenters. The zero-order valence-electron chi connectivity index (χ0n) is 17.0. The van der Waals surface area contributed by atoms with Crippen LogP contribution < -0.4 is 15.5 Å². The van der Waals surface area contributed by atoms with Crippen LogP contribution in [0.15, 0.2) is 48.5 Å². The molecule has 0 bridgehead atoms. The van der Waals surface area contributed by atoms with E-state index in [4.69, 9.17) is 4.74 Å². The van der Waals surface area contributed by atoms with Crippen LogP contribution in [-0.4, -0.2) is 31.7 Å². The average molecular weight is 397 g/mol. The molecular weight excluding hydrogens is 366 g/mol. The molecule has 1 heterocycles. The van der Waals surface area contributed by atoms with Crippen molar-refractivity contribution in [3.05, 3.63) is 65.2 Å². The number of carbonyl (C=O) groups excluding carboxylic acids is 2. The Morgan fingerprint density at radius 2 is 1.76 bits per heavy atom. The minimum Gasteiger partial charge on any atom is -0.450 e. The summed E-state index contributed by atoms with van der Waals surface area (Å²) in [6.07, 6.45) is 3.40. The third-order valence-electron chi connectivity index (χ3n) is 5.21. The van der Waals surface area contributed by atoms with Crippen molar-refractivity contribution >= 4 is 17.7 Å². The van der Waals surface area contributed by atoms with Gasteiger partial charge in [-0.1, -0.05) is 30.3 Å². The smallest absolute Gasteiger partial charge is 0.411 e. The van der Waals surface area contributed by atoms with Gasteiger partial charge in [0.25, 0.3) is 5.91 Å². The zero-order valence-corrected chi connectivity index (χ0v) is 17.0. The first-order chi connectivity index (χ1) is 14.2. The standard InChI is InChI=1S/C23H29N3O3/c1-2-29-23(28)25-21-12-8-11-18(15-21)22(27)24-16-19-9-4-5-10-20(19)17-26-13-6-3-7-14-26/h4-5,8-12,15H,2-3,6-7,13-14,16-17H2,1H3,(H,24,27)(H,25,28)/p+1. The van der Waals surface area contributed by atoms with E-state index in [0.717, 1.165) is 12.1 Å². The quantitative estimate of drug-likeness (QED) is 0.674. The molecule has 1 saturated heterocycles. The molecule has 154 valence electrons. The highest BCUT2D eigenvalue weighted by atomic mass is 16.5. The molecule has 0 saturated carbocycles. The Bertz CT molecular complexity index is 832. The molecule has 1 aliphatic rings. The fourth-order valence-electron chi connectivity index (χ4n) is 3.70. The lowest BCUT2D eigenvalue weighted by molar-refractivity contribution is -0.918. The minimum absolute atomic E-state index is 0.169. The second kappa shape index (κ2) is 10.6. The monoisotopic (exact) mass is 396 g/mol. The van der Waals surface area contributed by atoms with Gasteiger partial charge in [0.1, 0.15) is 6.54 Å². The SMILES string of the molecule is CCOC(=O)Nc1cccc(C(=O)NCc2ccccc2C[NH+]2CCCCC2)c1. The number of amides is 2. The van der Waals surface area contributed by atoms with Gasteiger partial charge in [0.05, 0.1) is 19.7 Å². The summed E-state index contributed by atoms with van der Waals surface area (Å²) in [5.41, 5.74) is 3.48. The predicted octanol–water partition coefficient (Wildman–Crippen LogP) is 2.75. The van der Waals surface area contributed by atoms with E-state index in [9.17, 15) is 9.59 Å². The van der Waals surface area contributed by atoms with Crippen LogP contribution >= 0.6 is 0 Å². The highest BCUT2D eigenvalue weighted by molar-refractivity contribution is 5.96. The van der Waals surface area contributed by atoms with Crippen LogP contribution in [0.4, 0.5) is 10.5 Å². The van der Waals surface area contributed by atoms with Crippen LogP contribution in [0.2, 0.25) is 0 Å². The van der Waals surface area contributed by atoms with E-state index in [0.29, 0.717) is 24.4 Å². The molecule has 0 aliphatic carbocycles. The van der Waals surface area contributed by atoms with Crippen LogP contribution in [-0.2, 0) is 17.8 Å². The molecule has 0 atom stereocenters. The molecule has 29 heavy (non-hydrogen) atoms. The first-order valence-electron chi connectivity index (χ1n) is 10.4. The molecule has 2 aromatic carbocycles. The number of piperidine rings is 1. The lowest BCUT2D eigenvalue weighted by atomic mass is 10.0. The molecule has 2 aromatic rings. The van der Waals surface area contributed by atoms with Gasteiger partial charge in [0.2, 0.25) is 0 Å². The first-order valence-corrected chi connectivity index (χ1v) is 10.4. The van der Waals surface area contributed by atoms with Crippen LogP contribution in [0.3, 0.4) is 0 Å². The number of anilines is 1. The molecule has 3 rings (SSSR count). The van der Waals surface area contributed by atoms with E-state index in [1.54, 1.807) is 36.1 Å². The van der Waals surface area contributed by atoms with Gasteiger partial charge in [-0.15, -0.1) is 0 Å². The van der Waals surface area contributed by atoms with Gasteiger partial charge in [-0.05, 0) is 49.9 Å². The third kappa shape index (κ3) is 6.32. The molecule has 6 heteroatoms. The summed E-state index contributed by atoms with van der Waals surface area (Å²) in [6, 6.07) is 15.2. The summed E-state index contributed by atoms with van der Waals surface area (Å²) >= 11 is 0. The second-order valence-electron chi connectivity index (χ2n) is 7.37. The molecule has 3 N–H and O–H groups in total. The second-order valence-corrected chi connectivity index (χ2v) is 7.37. The molecule has 0 spiro atoms. The Labute approximate surface area is 172 Å². The summed E-state index contributed by atoms with van der Waals surface area (Å²) in [4.78, 5) is 25.8. The molecule has 1 fully saturated rings.